The molecule has 8 heteroatoms. The first-order valence-corrected chi connectivity index (χ1v) is 10.6. The number of carbonyl (C=O) groups is 2. The Morgan fingerprint density at radius 2 is 2.14 bits per heavy atom. The molecule has 2 aromatic heterocycles. The van der Waals surface area contributed by atoms with E-state index in [1.807, 2.05) is 24.0 Å². The van der Waals surface area contributed by atoms with Gasteiger partial charge in [0.15, 0.2) is 5.16 Å². The lowest BCUT2D eigenvalue weighted by atomic mass is 9.93. The van der Waals surface area contributed by atoms with E-state index in [-0.39, 0.29) is 11.8 Å². The van der Waals surface area contributed by atoms with Crippen molar-refractivity contribution in [1.82, 2.24) is 20.2 Å². The van der Waals surface area contributed by atoms with Gasteiger partial charge in [-0.3, -0.25) is 9.59 Å². The molecule has 2 amide bonds. The smallest absolute Gasteiger partial charge is 0.233 e. The minimum atomic E-state index is 0.0225. The van der Waals surface area contributed by atoms with Gasteiger partial charge in [0, 0.05) is 31.9 Å². The van der Waals surface area contributed by atoms with Crippen LogP contribution in [0.3, 0.4) is 0 Å². The summed E-state index contributed by atoms with van der Waals surface area (Å²) >= 11 is 1.36. The fourth-order valence-corrected chi connectivity index (χ4v) is 4.00. The Kier molecular flexibility index (Phi) is 7.47. The van der Waals surface area contributed by atoms with Crippen LogP contribution in [0.2, 0.25) is 0 Å². The minimum Gasteiger partial charge on any atom is -0.465 e. The molecule has 1 unspecified atom stereocenters. The van der Waals surface area contributed by atoms with Gasteiger partial charge in [0.25, 0.3) is 0 Å². The fraction of sp³-hybridized carbons (Fsp3) is 0.500. The van der Waals surface area contributed by atoms with E-state index in [4.69, 9.17) is 4.42 Å². The number of rotatable bonds is 8. The Labute approximate surface area is 169 Å². The number of hydrogen-bond donors (Lipinski definition) is 1. The Bertz CT molecular complexity index is 781. The summed E-state index contributed by atoms with van der Waals surface area (Å²) in [5.41, 5.74) is 0. The van der Waals surface area contributed by atoms with Crippen LogP contribution in [0.15, 0.2) is 40.2 Å². The molecule has 28 heavy (non-hydrogen) atoms. The van der Waals surface area contributed by atoms with Crippen LogP contribution in [0.4, 0.5) is 0 Å². The summed E-state index contributed by atoms with van der Waals surface area (Å²) in [6, 6.07) is 5.52. The molecule has 1 fully saturated rings. The van der Waals surface area contributed by atoms with E-state index in [9.17, 15) is 9.59 Å². The topological polar surface area (TPSA) is 88.3 Å². The normalized spacial score (nSPS) is 16.8. The maximum Gasteiger partial charge on any atom is 0.233 e. The van der Waals surface area contributed by atoms with Gasteiger partial charge < -0.3 is 14.6 Å². The second kappa shape index (κ2) is 10.3. The molecule has 2 aromatic rings. The van der Waals surface area contributed by atoms with Crippen LogP contribution in [0.1, 0.15) is 37.2 Å². The lowest BCUT2D eigenvalue weighted by molar-refractivity contribution is -0.130. The summed E-state index contributed by atoms with van der Waals surface area (Å²) in [6.45, 7) is 3.81. The van der Waals surface area contributed by atoms with Gasteiger partial charge in [-0.1, -0.05) is 11.8 Å². The molecule has 0 saturated carbocycles. The van der Waals surface area contributed by atoms with Gasteiger partial charge in [-0.05, 0) is 50.3 Å². The van der Waals surface area contributed by atoms with E-state index in [2.05, 4.69) is 15.3 Å². The van der Waals surface area contributed by atoms with Crippen molar-refractivity contribution < 1.29 is 14.0 Å². The molecule has 150 valence electrons. The molecular formula is C20H26N4O3S. The number of furan rings is 1. The van der Waals surface area contributed by atoms with E-state index in [1.165, 1.54) is 11.8 Å². The molecule has 0 bridgehead atoms. The second-order valence-corrected chi connectivity index (χ2v) is 7.94. The first kappa shape index (κ1) is 20.4. The van der Waals surface area contributed by atoms with Gasteiger partial charge in [-0.15, -0.1) is 0 Å². The van der Waals surface area contributed by atoms with Crippen LogP contribution in [0.5, 0.6) is 0 Å². The van der Waals surface area contributed by atoms with Gasteiger partial charge in [0.2, 0.25) is 11.8 Å². The second-order valence-electron chi connectivity index (χ2n) is 7.00. The van der Waals surface area contributed by atoms with Crippen molar-refractivity contribution in [3.8, 4) is 0 Å². The van der Waals surface area contributed by atoms with Gasteiger partial charge in [0.05, 0.1) is 12.3 Å². The average molecular weight is 403 g/mol. The molecule has 0 aromatic carbocycles. The van der Waals surface area contributed by atoms with Crippen molar-refractivity contribution in [3.63, 3.8) is 0 Å². The quantitative estimate of drug-likeness (QED) is 0.540. The van der Waals surface area contributed by atoms with Crippen LogP contribution < -0.4 is 5.32 Å². The van der Waals surface area contributed by atoms with Gasteiger partial charge in [-0.2, -0.15) is 0 Å². The van der Waals surface area contributed by atoms with Crippen LogP contribution >= 0.6 is 11.8 Å². The third-order valence-corrected chi connectivity index (χ3v) is 5.63. The standard InChI is InChI=1S/C20H26N4O3S/c1-15-5-7-17(27-15)12-23-18(25)8-6-16-4-2-11-24(13-16)19(26)14-28-20-21-9-3-10-22-20/h3,5,7,9-10,16H,2,4,6,8,11-14H2,1H3,(H,23,25). The number of nitrogens with zero attached hydrogens (tertiary/aromatic N) is 3. The number of carbonyl (C=O) groups excluding carboxylic acids is 2. The molecule has 0 aliphatic carbocycles. The SMILES string of the molecule is Cc1ccc(CNC(=O)CCC2CCCN(C(=O)CSc3ncccn3)C2)o1. The Hall–Kier alpha value is -2.35. The predicted octanol–water partition coefficient (Wildman–Crippen LogP) is 2.81. The first-order chi connectivity index (χ1) is 13.6. The lowest BCUT2D eigenvalue weighted by Crippen LogP contribution is -2.41. The molecule has 3 heterocycles. The van der Waals surface area contributed by atoms with E-state index < -0.39 is 0 Å². The van der Waals surface area contributed by atoms with Crippen LogP contribution in [0, 0.1) is 12.8 Å². The molecule has 0 radical (unpaired) electrons. The highest BCUT2D eigenvalue weighted by Gasteiger charge is 2.24. The van der Waals surface area contributed by atoms with Crippen molar-refractivity contribution >= 4 is 23.6 Å². The van der Waals surface area contributed by atoms with Crippen LogP contribution in [0.25, 0.3) is 0 Å². The highest BCUT2D eigenvalue weighted by atomic mass is 32.2. The highest BCUT2D eigenvalue weighted by Crippen LogP contribution is 2.22. The van der Waals surface area contributed by atoms with Crippen molar-refractivity contribution in [2.75, 3.05) is 18.8 Å². The van der Waals surface area contributed by atoms with Crippen LogP contribution in [-0.4, -0.2) is 45.5 Å². The molecule has 1 atom stereocenters. The number of thioether (sulfide) groups is 1. The molecule has 1 saturated heterocycles. The summed E-state index contributed by atoms with van der Waals surface area (Å²) in [5.74, 6) is 2.45. The molecule has 1 N–H and O–H groups in total. The zero-order chi connectivity index (χ0) is 19.8. The first-order valence-electron chi connectivity index (χ1n) is 9.60. The Morgan fingerprint density at radius 3 is 2.89 bits per heavy atom. The van der Waals surface area contributed by atoms with Crippen molar-refractivity contribution in [1.29, 1.82) is 0 Å². The summed E-state index contributed by atoms with van der Waals surface area (Å²) in [4.78, 5) is 34.7. The summed E-state index contributed by atoms with van der Waals surface area (Å²) in [7, 11) is 0. The maximum absolute atomic E-state index is 12.5. The predicted molar refractivity (Wildman–Crippen MR) is 107 cm³/mol. The van der Waals surface area contributed by atoms with Gasteiger partial charge in [-0.25, -0.2) is 9.97 Å². The molecule has 0 spiro atoms. The van der Waals surface area contributed by atoms with Crippen molar-refractivity contribution in [2.24, 2.45) is 5.92 Å². The maximum atomic E-state index is 12.5. The summed E-state index contributed by atoms with van der Waals surface area (Å²) in [5, 5.41) is 3.51. The van der Waals surface area contributed by atoms with E-state index in [1.54, 1.807) is 18.5 Å². The van der Waals surface area contributed by atoms with Crippen molar-refractivity contribution in [3.05, 3.63) is 42.1 Å². The van der Waals surface area contributed by atoms with Gasteiger partial charge >= 0.3 is 0 Å². The van der Waals surface area contributed by atoms with E-state index in [0.29, 0.717) is 29.8 Å². The number of aromatic nitrogens is 2. The number of likely N-dealkylation sites (tertiary alicyclic amines) is 1. The monoisotopic (exact) mass is 402 g/mol. The largest absolute Gasteiger partial charge is 0.465 e. The number of piperidine rings is 1. The molecule has 1 aliphatic rings. The lowest BCUT2D eigenvalue weighted by Gasteiger charge is -2.32. The van der Waals surface area contributed by atoms with E-state index >= 15 is 0 Å². The minimum absolute atomic E-state index is 0.0225. The molecule has 7 nitrogen and oxygen atoms in total. The third kappa shape index (κ3) is 6.37. The van der Waals surface area contributed by atoms with E-state index in [0.717, 1.165) is 43.9 Å². The third-order valence-electron chi connectivity index (χ3n) is 4.77. The molecular weight excluding hydrogens is 376 g/mol. The number of hydrogen-bond acceptors (Lipinski definition) is 6. The molecule has 3 rings (SSSR count). The highest BCUT2D eigenvalue weighted by molar-refractivity contribution is 7.99. The van der Waals surface area contributed by atoms with Gasteiger partial charge in [0.1, 0.15) is 11.5 Å². The number of aryl methyl sites for hydroxylation is 1. The summed E-state index contributed by atoms with van der Waals surface area (Å²) < 4.78 is 5.45. The van der Waals surface area contributed by atoms with Crippen LogP contribution in [-0.2, 0) is 16.1 Å². The molecule has 1 aliphatic heterocycles. The Morgan fingerprint density at radius 1 is 1.32 bits per heavy atom. The summed E-state index contributed by atoms with van der Waals surface area (Å²) in [6.07, 6.45) is 6.66. The number of amides is 2. The average Bonchev–Trinajstić information content (AvgIpc) is 3.15. The zero-order valence-corrected chi connectivity index (χ0v) is 16.9. The Balaban J connectivity index is 1.36. The zero-order valence-electron chi connectivity index (χ0n) is 16.1. The number of nitrogens with one attached hydrogen (secondary N) is 1. The fourth-order valence-electron chi connectivity index (χ4n) is 3.29. The van der Waals surface area contributed by atoms with Crippen molar-refractivity contribution in [2.45, 2.75) is 44.3 Å².